The zero-order chi connectivity index (χ0) is 23.9. The first-order chi connectivity index (χ1) is 16.3. The van der Waals surface area contributed by atoms with E-state index in [0.29, 0.717) is 29.4 Å². The number of aromatic nitrogens is 5. The number of pyridine rings is 1. The van der Waals surface area contributed by atoms with Gasteiger partial charge in [-0.1, -0.05) is 6.07 Å². The van der Waals surface area contributed by atoms with E-state index < -0.39 is 11.5 Å². The highest BCUT2D eigenvalue weighted by molar-refractivity contribution is 5.95. The molecule has 176 valence electrons. The number of amides is 1. The highest BCUT2D eigenvalue weighted by Gasteiger charge is 2.21. The maximum absolute atomic E-state index is 13.1. The van der Waals surface area contributed by atoms with Crippen molar-refractivity contribution in [2.24, 2.45) is 12.0 Å². The van der Waals surface area contributed by atoms with Crippen molar-refractivity contribution in [3.63, 3.8) is 0 Å². The first kappa shape index (κ1) is 22.2. The largest absolute Gasteiger partial charge is 0.389 e. The standard InChI is InChI=1S/C25H28N6O3/c1-25(2,33)15-31-22-5-4-16(18-7-9-34-14-18)10-21(22)28-24(31)29-23(32)17-6-8-26-20(11-17)19-12-27-30(3)13-19/h4-6,8,10-13,18,33H,7,9,14-15H2,1-3H3,(H,28,29,32). The van der Waals surface area contributed by atoms with E-state index in [2.05, 4.69) is 32.2 Å². The molecule has 9 nitrogen and oxygen atoms in total. The van der Waals surface area contributed by atoms with Gasteiger partial charge in [0.05, 0.1) is 41.7 Å². The second kappa shape index (κ2) is 8.66. The van der Waals surface area contributed by atoms with Gasteiger partial charge in [-0.15, -0.1) is 0 Å². The molecule has 1 saturated heterocycles. The Morgan fingerprint density at radius 2 is 2.18 bits per heavy atom. The van der Waals surface area contributed by atoms with Crippen molar-refractivity contribution < 1.29 is 14.6 Å². The number of aromatic amines is 1. The second-order valence-electron chi connectivity index (χ2n) is 9.43. The predicted octanol–water partition coefficient (Wildman–Crippen LogP) is 2.78. The summed E-state index contributed by atoms with van der Waals surface area (Å²) in [6.45, 7) is 5.23. The van der Waals surface area contributed by atoms with Crippen molar-refractivity contribution in [1.82, 2.24) is 24.3 Å². The van der Waals surface area contributed by atoms with Crippen molar-refractivity contribution in [1.29, 1.82) is 0 Å². The van der Waals surface area contributed by atoms with Crippen LogP contribution in [0.5, 0.6) is 0 Å². The summed E-state index contributed by atoms with van der Waals surface area (Å²) in [5, 5.41) is 14.7. The molecule has 1 fully saturated rings. The number of carbonyl (C=O) groups excluding carboxylic acids is 1. The summed E-state index contributed by atoms with van der Waals surface area (Å²) in [7, 11) is 1.83. The van der Waals surface area contributed by atoms with Crippen molar-refractivity contribution in [3.05, 3.63) is 65.7 Å². The number of benzene rings is 1. The van der Waals surface area contributed by atoms with Crippen LogP contribution in [0.25, 0.3) is 22.3 Å². The number of nitrogens with one attached hydrogen (secondary N) is 1. The van der Waals surface area contributed by atoms with E-state index in [1.165, 1.54) is 5.56 Å². The molecule has 3 aromatic heterocycles. The summed E-state index contributed by atoms with van der Waals surface area (Å²) >= 11 is 0. The van der Waals surface area contributed by atoms with Gasteiger partial charge in [0.1, 0.15) is 0 Å². The van der Waals surface area contributed by atoms with Crippen LogP contribution >= 0.6 is 0 Å². The van der Waals surface area contributed by atoms with Gasteiger partial charge in [0, 0.05) is 43.1 Å². The summed E-state index contributed by atoms with van der Waals surface area (Å²) in [6.07, 6.45) is 6.13. The molecular formula is C25H28N6O3. The van der Waals surface area contributed by atoms with Crippen LogP contribution in [0.4, 0.5) is 0 Å². The number of hydrogen-bond acceptors (Lipinski definition) is 5. The van der Waals surface area contributed by atoms with Crippen LogP contribution in [0, 0.1) is 0 Å². The van der Waals surface area contributed by atoms with Gasteiger partial charge >= 0.3 is 0 Å². The highest BCUT2D eigenvalue weighted by atomic mass is 16.5. The molecule has 4 aromatic rings. The van der Waals surface area contributed by atoms with E-state index in [-0.39, 0.29) is 6.54 Å². The third-order valence-electron chi connectivity index (χ3n) is 5.97. The monoisotopic (exact) mass is 460 g/mol. The Bertz CT molecular complexity index is 1420. The predicted molar refractivity (Wildman–Crippen MR) is 127 cm³/mol. The number of aryl methyl sites for hydroxylation is 1. The van der Waals surface area contributed by atoms with Crippen LogP contribution < -0.4 is 5.62 Å². The summed E-state index contributed by atoms with van der Waals surface area (Å²) in [6, 6.07) is 9.55. The highest BCUT2D eigenvalue weighted by Crippen LogP contribution is 2.27. The lowest BCUT2D eigenvalue weighted by Gasteiger charge is -2.18. The summed E-state index contributed by atoms with van der Waals surface area (Å²) in [5.74, 6) is -0.0341. The van der Waals surface area contributed by atoms with Crippen molar-refractivity contribution in [3.8, 4) is 11.3 Å². The van der Waals surface area contributed by atoms with Gasteiger partial charge in [0.25, 0.3) is 5.91 Å². The Morgan fingerprint density at radius 3 is 2.88 bits per heavy atom. The maximum Gasteiger partial charge on any atom is 0.280 e. The van der Waals surface area contributed by atoms with Gasteiger partial charge in [-0.3, -0.25) is 14.5 Å². The molecule has 1 unspecified atom stereocenters. The van der Waals surface area contributed by atoms with Gasteiger partial charge in [-0.25, -0.2) is 0 Å². The Labute approximate surface area is 196 Å². The molecule has 5 rings (SSSR count). The zero-order valence-corrected chi connectivity index (χ0v) is 19.5. The van der Waals surface area contributed by atoms with Crippen LogP contribution in [0.2, 0.25) is 0 Å². The van der Waals surface area contributed by atoms with E-state index in [1.54, 1.807) is 43.1 Å². The lowest BCUT2D eigenvalue weighted by molar-refractivity contribution is 0.0612. The first-order valence-electron chi connectivity index (χ1n) is 11.3. The average Bonchev–Trinajstić information content (AvgIpc) is 3.54. The van der Waals surface area contributed by atoms with E-state index >= 15 is 0 Å². The lowest BCUT2D eigenvalue weighted by Crippen LogP contribution is -2.32. The smallest absolute Gasteiger partial charge is 0.280 e. The number of imidazole rings is 1. The third-order valence-corrected chi connectivity index (χ3v) is 5.97. The Kier molecular flexibility index (Phi) is 5.66. The number of carbonyl (C=O) groups is 1. The molecule has 1 amide bonds. The number of hydrogen-bond donors (Lipinski definition) is 2. The lowest BCUT2D eigenvalue weighted by atomic mass is 9.98. The number of fused-ring (bicyclic) bond motifs is 1. The van der Waals surface area contributed by atoms with Crippen molar-refractivity contribution >= 4 is 16.9 Å². The Balaban J connectivity index is 1.56. The summed E-state index contributed by atoms with van der Waals surface area (Å²) in [5.41, 5.74) is 4.23. The maximum atomic E-state index is 13.1. The van der Waals surface area contributed by atoms with Crippen molar-refractivity contribution in [2.75, 3.05) is 13.2 Å². The average molecular weight is 461 g/mol. The third kappa shape index (κ3) is 4.57. The molecule has 34 heavy (non-hydrogen) atoms. The summed E-state index contributed by atoms with van der Waals surface area (Å²) in [4.78, 5) is 25.2. The van der Waals surface area contributed by atoms with Crippen LogP contribution in [0.3, 0.4) is 0 Å². The molecule has 0 radical (unpaired) electrons. The zero-order valence-electron chi connectivity index (χ0n) is 19.5. The number of aliphatic hydroxyl groups is 1. The Morgan fingerprint density at radius 1 is 1.32 bits per heavy atom. The quantitative estimate of drug-likeness (QED) is 0.476. The fourth-order valence-corrected chi connectivity index (χ4v) is 4.31. The van der Waals surface area contributed by atoms with E-state index in [9.17, 15) is 9.90 Å². The normalized spacial score (nSPS) is 17.1. The van der Waals surface area contributed by atoms with Gasteiger partial charge in [-0.2, -0.15) is 10.1 Å². The van der Waals surface area contributed by atoms with Gasteiger partial charge in [0.15, 0.2) is 0 Å². The van der Waals surface area contributed by atoms with Gasteiger partial charge in [0.2, 0.25) is 5.62 Å². The Hall–Kier alpha value is -3.56. The molecule has 1 aromatic carbocycles. The molecule has 9 heteroatoms. The minimum Gasteiger partial charge on any atom is -0.389 e. The van der Waals surface area contributed by atoms with Crippen LogP contribution in [0.15, 0.2) is 53.9 Å². The van der Waals surface area contributed by atoms with E-state index in [1.807, 2.05) is 23.9 Å². The van der Waals surface area contributed by atoms with Crippen LogP contribution in [-0.2, 0) is 18.3 Å². The SMILES string of the molecule is Cn1cc(-c2cc(C(=O)/N=c3\[nH]c4cc(C5CCOC5)ccc4n3CC(C)(C)O)ccn2)cn1. The molecular weight excluding hydrogens is 432 g/mol. The fourth-order valence-electron chi connectivity index (χ4n) is 4.31. The van der Waals surface area contributed by atoms with E-state index in [4.69, 9.17) is 4.74 Å². The molecule has 0 saturated carbocycles. The number of H-pyrrole nitrogens is 1. The topological polar surface area (TPSA) is 110 Å². The minimum absolute atomic E-state index is 0.280. The molecule has 0 spiro atoms. The van der Waals surface area contributed by atoms with Gasteiger partial charge < -0.3 is 19.4 Å². The molecule has 2 N–H and O–H groups in total. The molecule has 1 atom stereocenters. The van der Waals surface area contributed by atoms with E-state index in [0.717, 1.165) is 29.6 Å². The molecule has 4 heterocycles. The molecule has 0 bridgehead atoms. The second-order valence-corrected chi connectivity index (χ2v) is 9.43. The number of rotatable bonds is 5. The molecule has 1 aliphatic rings. The first-order valence-corrected chi connectivity index (χ1v) is 11.3. The fraction of sp³-hybridized carbons (Fsp3) is 0.360. The van der Waals surface area contributed by atoms with Crippen LogP contribution in [-0.4, -0.2) is 54.1 Å². The van der Waals surface area contributed by atoms with Crippen LogP contribution in [0.1, 0.15) is 42.1 Å². The van der Waals surface area contributed by atoms with Crippen molar-refractivity contribution in [2.45, 2.75) is 38.3 Å². The minimum atomic E-state index is -0.991. The molecule has 0 aliphatic carbocycles. The number of ether oxygens (including phenoxy) is 1. The summed E-state index contributed by atoms with van der Waals surface area (Å²) < 4.78 is 9.08. The van der Waals surface area contributed by atoms with Gasteiger partial charge in [-0.05, 0) is 50.1 Å². The molecule has 1 aliphatic heterocycles. The number of nitrogens with zero attached hydrogens (tertiary/aromatic N) is 5.